The smallest absolute Gasteiger partial charge is 0.352 e. The maximum Gasteiger partial charge on any atom is 0.352 e. The Kier molecular flexibility index (Phi) is 2.33. The van der Waals surface area contributed by atoms with E-state index in [0.717, 1.165) is 11.4 Å². The molecule has 4 nitrogen and oxygen atoms in total. The number of rotatable bonds is 3. The first-order chi connectivity index (χ1) is 7.18. The third-order valence-electron chi connectivity index (χ3n) is 2.49. The molecule has 15 heavy (non-hydrogen) atoms. The molecule has 0 aliphatic rings. The maximum absolute atomic E-state index is 10.7. The second-order valence-corrected chi connectivity index (χ2v) is 3.48. The summed E-state index contributed by atoms with van der Waals surface area (Å²) in [6.07, 6.45) is 1.85. The average Bonchev–Trinajstić information content (AvgIpc) is 2.88. The van der Waals surface area contributed by atoms with Gasteiger partial charge in [0.2, 0.25) is 0 Å². The number of aromatic amines is 2. The van der Waals surface area contributed by atoms with Crippen LogP contribution in [0.4, 0.5) is 0 Å². The third-order valence-corrected chi connectivity index (χ3v) is 2.49. The van der Waals surface area contributed by atoms with Crippen molar-refractivity contribution in [1.29, 1.82) is 0 Å². The lowest BCUT2D eigenvalue weighted by molar-refractivity contribution is 0.0691. The predicted molar refractivity (Wildman–Crippen MR) is 56.1 cm³/mol. The van der Waals surface area contributed by atoms with Gasteiger partial charge in [0.05, 0.1) is 0 Å². The van der Waals surface area contributed by atoms with Crippen molar-refractivity contribution in [3.8, 4) is 0 Å². The van der Waals surface area contributed by atoms with Crippen LogP contribution >= 0.6 is 0 Å². The molecule has 0 spiro atoms. The molecule has 3 N–H and O–H groups in total. The number of carbonyl (C=O) groups is 1. The maximum atomic E-state index is 10.7. The van der Waals surface area contributed by atoms with Crippen LogP contribution in [-0.2, 0) is 0 Å². The number of hydrogen-bond donors (Lipinski definition) is 3. The van der Waals surface area contributed by atoms with Crippen LogP contribution in [0.2, 0.25) is 0 Å². The van der Waals surface area contributed by atoms with Crippen LogP contribution < -0.4 is 0 Å². The van der Waals surface area contributed by atoms with Crippen molar-refractivity contribution in [2.75, 3.05) is 0 Å². The van der Waals surface area contributed by atoms with Gasteiger partial charge in [0, 0.05) is 23.5 Å². The monoisotopic (exact) mass is 204 g/mol. The van der Waals surface area contributed by atoms with Crippen molar-refractivity contribution in [1.82, 2.24) is 9.97 Å². The molecular formula is C11H12N2O2. The Labute approximate surface area is 87.0 Å². The fourth-order valence-corrected chi connectivity index (χ4v) is 1.57. The second kappa shape index (κ2) is 3.65. The Bertz CT molecular complexity index is 457. The van der Waals surface area contributed by atoms with Crippen molar-refractivity contribution < 1.29 is 9.90 Å². The van der Waals surface area contributed by atoms with Crippen molar-refractivity contribution in [3.63, 3.8) is 0 Å². The molecule has 0 aliphatic heterocycles. The molecule has 0 saturated carbocycles. The number of H-pyrrole nitrogens is 2. The molecule has 2 aromatic heterocycles. The first kappa shape index (κ1) is 9.58. The Hall–Kier alpha value is -1.97. The fourth-order valence-electron chi connectivity index (χ4n) is 1.57. The average molecular weight is 204 g/mol. The number of hydrogen-bond acceptors (Lipinski definition) is 1. The minimum atomic E-state index is -0.931. The summed E-state index contributed by atoms with van der Waals surface area (Å²) in [5.74, 6) is -0.784. The van der Waals surface area contributed by atoms with Crippen LogP contribution in [0, 0.1) is 0 Å². The molecule has 0 radical (unpaired) electrons. The van der Waals surface area contributed by atoms with Gasteiger partial charge in [0.25, 0.3) is 0 Å². The molecule has 4 heteroatoms. The van der Waals surface area contributed by atoms with Crippen LogP contribution in [0.5, 0.6) is 0 Å². The van der Waals surface area contributed by atoms with E-state index >= 15 is 0 Å². The van der Waals surface area contributed by atoms with E-state index in [-0.39, 0.29) is 11.6 Å². The van der Waals surface area contributed by atoms with Gasteiger partial charge in [-0.25, -0.2) is 4.79 Å². The van der Waals surface area contributed by atoms with Crippen LogP contribution in [0.1, 0.15) is 34.7 Å². The standard InChI is InChI=1S/C11H12N2O2/c1-7(8-3-2-6-12-8)9-4-5-10(13-9)11(14)15/h2-7,12-13H,1H3,(H,14,15). The number of nitrogens with one attached hydrogen (secondary N) is 2. The second-order valence-electron chi connectivity index (χ2n) is 3.48. The van der Waals surface area contributed by atoms with Crippen LogP contribution in [0.15, 0.2) is 30.5 Å². The summed E-state index contributed by atoms with van der Waals surface area (Å²) < 4.78 is 0. The molecule has 1 atom stereocenters. The highest BCUT2D eigenvalue weighted by Crippen LogP contribution is 2.21. The number of aromatic carboxylic acids is 1. The number of carboxylic acids is 1. The van der Waals surface area contributed by atoms with Gasteiger partial charge >= 0.3 is 5.97 Å². The highest BCUT2D eigenvalue weighted by molar-refractivity contribution is 5.85. The minimum absolute atomic E-state index is 0.146. The summed E-state index contributed by atoms with van der Waals surface area (Å²) in [6, 6.07) is 7.28. The Morgan fingerprint density at radius 2 is 2.13 bits per heavy atom. The summed E-state index contributed by atoms with van der Waals surface area (Å²) >= 11 is 0. The summed E-state index contributed by atoms with van der Waals surface area (Å²) in [5.41, 5.74) is 2.19. The van der Waals surface area contributed by atoms with Gasteiger partial charge in [0.15, 0.2) is 0 Å². The SMILES string of the molecule is CC(c1ccc[nH]1)c1ccc(C(=O)O)[nH]1. The molecule has 78 valence electrons. The van der Waals surface area contributed by atoms with E-state index in [9.17, 15) is 4.79 Å². The van der Waals surface area contributed by atoms with E-state index in [1.54, 1.807) is 12.1 Å². The first-order valence-corrected chi connectivity index (χ1v) is 4.74. The van der Waals surface area contributed by atoms with Crippen molar-refractivity contribution in [2.45, 2.75) is 12.8 Å². The molecule has 0 saturated heterocycles. The summed E-state index contributed by atoms with van der Waals surface area (Å²) in [4.78, 5) is 16.7. The van der Waals surface area contributed by atoms with Gasteiger partial charge in [-0.05, 0) is 24.3 Å². The van der Waals surface area contributed by atoms with Crippen molar-refractivity contribution >= 4 is 5.97 Å². The molecule has 0 aromatic carbocycles. The lowest BCUT2D eigenvalue weighted by Crippen LogP contribution is -2.00. The van der Waals surface area contributed by atoms with Gasteiger partial charge < -0.3 is 15.1 Å². The lowest BCUT2D eigenvalue weighted by Gasteiger charge is -2.06. The summed E-state index contributed by atoms with van der Waals surface area (Å²) in [5, 5.41) is 8.77. The van der Waals surface area contributed by atoms with Gasteiger partial charge in [-0.2, -0.15) is 0 Å². The van der Waals surface area contributed by atoms with E-state index in [2.05, 4.69) is 9.97 Å². The highest BCUT2D eigenvalue weighted by atomic mass is 16.4. The fraction of sp³-hybridized carbons (Fsp3) is 0.182. The molecule has 2 heterocycles. The zero-order valence-electron chi connectivity index (χ0n) is 8.32. The molecular weight excluding hydrogens is 192 g/mol. The Balaban J connectivity index is 2.26. The predicted octanol–water partition coefficient (Wildman–Crippen LogP) is 2.19. The number of aromatic nitrogens is 2. The van der Waals surface area contributed by atoms with Crippen LogP contribution in [0.3, 0.4) is 0 Å². The quantitative estimate of drug-likeness (QED) is 0.717. The van der Waals surface area contributed by atoms with E-state index in [4.69, 9.17) is 5.11 Å². The van der Waals surface area contributed by atoms with Gasteiger partial charge in [-0.3, -0.25) is 0 Å². The van der Waals surface area contributed by atoms with Crippen molar-refractivity contribution in [3.05, 3.63) is 47.5 Å². The first-order valence-electron chi connectivity index (χ1n) is 4.74. The largest absolute Gasteiger partial charge is 0.477 e. The summed E-state index contributed by atoms with van der Waals surface area (Å²) in [7, 11) is 0. The molecule has 0 aliphatic carbocycles. The van der Waals surface area contributed by atoms with Gasteiger partial charge in [-0.15, -0.1) is 0 Å². The molecule has 0 fully saturated rings. The molecule has 1 unspecified atom stereocenters. The highest BCUT2D eigenvalue weighted by Gasteiger charge is 2.13. The van der Waals surface area contributed by atoms with Gasteiger partial charge in [-0.1, -0.05) is 6.92 Å². The van der Waals surface area contributed by atoms with Gasteiger partial charge in [0.1, 0.15) is 5.69 Å². The molecule has 0 bridgehead atoms. The molecule has 2 aromatic rings. The van der Waals surface area contributed by atoms with Crippen molar-refractivity contribution in [2.24, 2.45) is 0 Å². The van der Waals surface area contributed by atoms with E-state index in [1.807, 2.05) is 25.3 Å². The van der Waals surface area contributed by atoms with E-state index in [1.165, 1.54) is 0 Å². The van der Waals surface area contributed by atoms with E-state index < -0.39 is 5.97 Å². The third kappa shape index (κ3) is 1.79. The Morgan fingerprint density at radius 1 is 1.33 bits per heavy atom. The zero-order chi connectivity index (χ0) is 10.8. The normalized spacial score (nSPS) is 12.6. The van der Waals surface area contributed by atoms with Crippen LogP contribution in [0.25, 0.3) is 0 Å². The topological polar surface area (TPSA) is 68.9 Å². The number of carboxylic acid groups (broad SMARTS) is 1. The summed E-state index contributed by atoms with van der Waals surface area (Å²) in [6.45, 7) is 2.02. The zero-order valence-corrected chi connectivity index (χ0v) is 8.32. The van der Waals surface area contributed by atoms with E-state index in [0.29, 0.717) is 0 Å². The Morgan fingerprint density at radius 3 is 2.67 bits per heavy atom. The minimum Gasteiger partial charge on any atom is -0.477 e. The molecule has 2 rings (SSSR count). The lowest BCUT2D eigenvalue weighted by atomic mass is 10.1. The molecule has 0 amide bonds. The van der Waals surface area contributed by atoms with Crippen LogP contribution in [-0.4, -0.2) is 21.0 Å².